The Labute approximate surface area is 220 Å². The molecule has 0 radical (unpaired) electrons. The van der Waals surface area contributed by atoms with E-state index in [1.807, 2.05) is 6.92 Å². The van der Waals surface area contributed by atoms with Crippen LogP contribution in [-0.2, 0) is 25.2 Å². The van der Waals surface area contributed by atoms with Crippen molar-refractivity contribution in [2.45, 2.75) is 102 Å². The summed E-state index contributed by atoms with van der Waals surface area (Å²) in [5.74, 6) is -1.81. The van der Waals surface area contributed by atoms with Crippen molar-refractivity contribution in [2.24, 2.45) is 17.3 Å². The quantitative estimate of drug-likeness (QED) is 0.421. The highest BCUT2D eigenvalue weighted by atomic mass is 19.4. The Kier molecular flexibility index (Phi) is 7.82. The molecule has 2 saturated heterocycles. The summed E-state index contributed by atoms with van der Waals surface area (Å²) in [4.78, 5) is 30.0. The van der Waals surface area contributed by atoms with E-state index in [2.05, 4.69) is 4.98 Å². The Balaban J connectivity index is 1.58. The van der Waals surface area contributed by atoms with Gasteiger partial charge < -0.3 is 19.7 Å². The Morgan fingerprint density at radius 3 is 2.55 bits per heavy atom. The molecular formula is C28H36F3NO6. The van der Waals surface area contributed by atoms with E-state index >= 15 is 0 Å². The lowest BCUT2D eigenvalue weighted by Crippen LogP contribution is -2.54. The molecule has 0 amide bonds. The minimum absolute atomic E-state index is 0.184. The van der Waals surface area contributed by atoms with Crippen LogP contribution in [0.5, 0.6) is 0 Å². The van der Waals surface area contributed by atoms with Crippen LogP contribution in [0.2, 0.25) is 0 Å². The molecular weight excluding hydrogens is 503 g/mol. The number of aliphatic hydroxyl groups excluding tert-OH is 2. The van der Waals surface area contributed by atoms with E-state index in [0.717, 1.165) is 18.7 Å². The van der Waals surface area contributed by atoms with E-state index in [1.54, 1.807) is 26.8 Å². The first-order chi connectivity index (χ1) is 17.6. The maximum absolute atomic E-state index is 13.1. The molecule has 1 aliphatic carbocycles. The molecule has 7 nitrogen and oxygen atoms in total. The fourth-order valence-corrected chi connectivity index (χ4v) is 6.04. The minimum Gasteiger partial charge on any atom is -0.458 e. The van der Waals surface area contributed by atoms with Gasteiger partial charge in [-0.15, -0.1) is 0 Å². The largest absolute Gasteiger partial charge is 0.458 e. The van der Waals surface area contributed by atoms with Crippen molar-refractivity contribution in [3.8, 4) is 0 Å². The standard InChI is InChI=1S/C28H36F3NO6/c1-15(10-19-8-7-18(14-32-19)28(29,30)31)20-11-22-27(4,38-22)9-5-6-17-13-26(3,21(33)12-23(34)37-20)25(36)16(2)24(17)35/h7-8,10,14,16-17,20-22,24,33,35H,5-6,9,11-13H2,1-4H3/b15-10+/t16-,17-,20+,21+,22+,24-,26-,27-/m1/s1. The molecule has 8 atom stereocenters. The summed E-state index contributed by atoms with van der Waals surface area (Å²) in [5, 5.41) is 21.8. The number of rotatable bonds is 2. The predicted octanol–water partition coefficient (Wildman–Crippen LogP) is 4.49. The number of hydrogen-bond donors (Lipinski definition) is 2. The molecule has 2 aliphatic heterocycles. The third-order valence-electron chi connectivity index (χ3n) is 8.74. The number of aliphatic hydroxyl groups is 2. The van der Waals surface area contributed by atoms with Gasteiger partial charge in [-0.2, -0.15) is 13.2 Å². The molecule has 1 aromatic rings. The van der Waals surface area contributed by atoms with Gasteiger partial charge in [0.25, 0.3) is 0 Å². The predicted molar refractivity (Wildman–Crippen MR) is 132 cm³/mol. The number of cyclic esters (lactones) is 1. The van der Waals surface area contributed by atoms with Gasteiger partial charge in [0, 0.05) is 18.5 Å². The van der Waals surface area contributed by atoms with Crippen LogP contribution in [0.3, 0.4) is 0 Å². The molecule has 0 unspecified atom stereocenters. The zero-order valence-corrected chi connectivity index (χ0v) is 22.1. The highest BCUT2D eigenvalue weighted by Crippen LogP contribution is 2.48. The molecule has 3 heterocycles. The molecule has 0 spiro atoms. The summed E-state index contributed by atoms with van der Waals surface area (Å²) in [6.07, 6.45) is -2.86. The number of ketones is 1. The molecule has 3 fully saturated rings. The molecule has 0 aromatic carbocycles. The van der Waals surface area contributed by atoms with Crippen LogP contribution >= 0.6 is 0 Å². The maximum atomic E-state index is 13.1. The minimum atomic E-state index is -4.49. The molecule has 2 N–H and O–H groups in total. The molecule has 1 aromatic heterocycles. The van der Waals surface area contributed by atoms with E-state index < -0.39 is 59.4 Å². The van der Waals surface area contributed by atoms with Crippen molar-refractivity contribution in [3.63, 3.8) is 0 Å². The monoisotopic (exact) mass is 539 g/mol. The van der Waals surface area contributed by atoms with Crippen molar-refractivity contribution < 1.29 is 42.4 Å². The number of aromatic nitrogens is 1. The Hall–Kier alpha value is -2.30. The lowest BCUT2D eigenvalue weighted by Gasteiger charge is -2.45. The Bertz CT molecular complexity index is 1090. The number of ether oxygens (including phenoxy) is 2. The number of halogens is 3. The maximum Gasteiger partial charge on any atom is 0.417 e. The van der Waals surface area contributed by atoms with Gasteiger partial charge in [0.1, 0.15) is 11.9 Å². The lowest BCUT2D eigenvalue weighted by molar-refractivity contribution is -0.161. The van der Waals surface area contributed by atoms with Crippen LogP contribution in [0.15, 0.2) is 23.9 Å². The van der Waals surface area contributed by atoms with Crippen molar-refractivity contribution in [3.05, 3.63) is 35.2 Å². The first kappa shape index (κ1) is 28.7. The van der Waals surface area contributed by atoms with E-state index in [0.29, 0.717) is 24.8 Å². The fraction of sp³-hybridized carbons (Fsp3) is 0.679. The third-order valence-corrected chi connectivity index (χ3v) is 8.74. The molecule has 1 saturated carbocycles. The average molecular weight is 540 g/mol. The number of epoxide rings is 1. The van der Waals surface area contributed by atoms with Gasteiger partial charge in [-0.1, -0.05) is 20.3 Å². The smallest absolute Gasteiger partial charge is 0.417 e. The van der Waals surface area contributed by atoms with E-state index in [1.165, 1.54) is 6.07 Å². The summed E-state index contributed by atoms with van der Waals surface area (Å²) in [6.45, 7) is 6.99. The molecule has 4 rings (SSSR count). The summed E-state index contributed by atoms with van der Waals surface area (Å²) in [5.41, 5.74) is -1.63. The number of alkyl halides is 3. The second-order valence-corrected chi connectivity index (χ2v) is 11.6. The number of fused-ring (bicyclic) bond motifs is 3. The van der Waals surface area contributed by atoms with Crippen molar-refractivity contribution in [2.75, 3.05) is 0 Å². The normalized spacial score (nSPS) is 39.1. The van der Waals surface area contributed by atoms with Crippen LogP contribution in [0.4, 0.5) is 13.2 Å². The molecule has 210 valence electrons. The number of hydrogen-bond acceptors (Lipinski definition) is 7. The fourth-order valence-electron chi connectivity index (χ4n) is 6.04. The van der Waals surface area contributed by atoms with Gasteiger partial charge in [0.15, 0.2) is 0 Å². The van der Waals surface area contributed by atoms with Gasteiger partial charge in [-0.25, -0.2) is 0 Å². The lowest BCUT2D eigenvalue weighted by atomic mass is 9.60. The molecule has 3 aliphatic rings. The van der Waals surface area contributed by atoms with Crippen LogP contribution < -0.4 is 0 Å². The summed E-state index contributed by atoms with van der Waals surface area (Å²) >= 11 is 0. The van der Waals surface area contributed by atoms with Gasteiger partial charge in [0.05, 0.1) is 47.0 Å². The number of nitrogens with zero attached hydrogens (tertiary/aromatic N) is 1. The van der Waals surface area contributed by atoms with Crippen LogP contribution in [0.1, 0.15) is 77.5 Å². The second-order valence-electron chi connectivity index (χ2n) is 11.6. The van der Waals surface area contributed by atoms with E-state index in [9.17, 15) is 33.0 Å². The average Bonchev–Trinajstić information content (AvgIpc) is 3.48. The van der Waals surface area contributed by atoms with E-state index in [-0.39, 0.29) is 29.9 Å². The van der Waals surface area contributed by atoms with Crippen molar-refractivity contribution in [1.82, 2.24) is 4.98 Å². The Morgan fingerprint density at radius 2 is 1.92 bits per heavy atom. The molecule has 2 bridgehead atoms. The van der Waals surface area contributed by atoms with Crippen LogP contribution in [0, 0.1) is 17.3 Å². The molecule has 38 heavy (non-hydrogen) atoms. The number of carbonyl (C=O) groups excluding carboxylic acids is 2. The third kappa shape index (κ3) is 5.82. The topological polar surface area (TPSA) is 109 Å². The second kappa shape index (κ2) is 10.4. The van der Waals surface area contributed by atoms with Crippen molar-refractivity contribution in [1.29, 1.82) is 0 Å². The SMILES string of the molecule is C/C(=C\c1ccc(C(F)(F)F)cn1)[C@@H]1C[C@@H]2O[C@]2(C)CCC[C@@H]2C[C@@](C)(C(=O)[C@H](C)[C@H]2O)[C@@H](O)CC(=O)O1. The summed E-state index contributed by atoms with van der Waals surface area (Å²) in [7, 11) is 0. The number of esters is 1. The summed E-state index contributed by atoms with van der Waals surface area (Å²) < 4.78 is 50.4. The number of carbonyl (C=O) groups is 2. The summed E-state index contributed by atoms with van der Waals surface area (Å²) in [6, 6.07) is 2.19. The first-order valence-corrected chi connectivity index (χ1v) is 13.1. The number of Topliss-reactive ketones (excluding diaryl/α,β-unsaturated/α-hetero) is 1. The van der Waals surface area contributed by atoms with E-state index in [4.69, 9.17) is 9.47 Å². The highest BCUT2D eigenvalue weighted by Gasteiger charge is 2.55. The van der Waals surface area contributed by atoms with Gasteiger partial charge in [0.2, 0.25) is 0 Å². The van der Waals surface area contributed by atoms with Crippen LogP contribution in [0.25, 0.3) is 6.08 Å². The van der Waals surface area contributed by atoms with Gasteiger partial charge >= 0.3 is 12.1 Å². The number of pyridine rings is 1. The zero-order valence-electron chi connectivity index (χ0n) is 22.1. The first-order valence-electron chi connectivity index (χ1n) is 13.1. The van der Waals surface area contributed by atoms with Gasteiger partial charge in [-0.05, 0) is 62.8 Å². The van der Waals surface area contributed by atoms with Crippen molar-refractivity contribution >= 4 is 17.8 Å². The zero-order chi connectivity index (χ0) is 28.0. The molecule has 10 heteroatoms. The highest BCUT2D eigenvalue weighted by molar-refractivity contribution is 5.89. The van der Waals surface area contributed by atoms with Crippen LogP contribution in [-0.4, -0.2) is 57.0 Å². The van der Waals surface area contributed by atoms with Gasteiger partial charge in [-0.3, -0.25) is 14.6 Å². The Morgan fingerprint density at radius 1 is 1.21 bits per heavy atom.